The molecule has 1 nitrogen and oxygen atoms in total. The fraction of sp³-hybridized carbons (Fsp3) is 0.0526. The molecule has 1 heterocycles. The number of allylic oxidation sites excluding steroid dienone is 3. The third-order valence-electron chi connectivity index (χ3n) is 3.79. The van der Waals surface area contributed by atoms with Crippen molar-refractivity contribution in [2.45, 2.75) is 5.92 Å². The minimum atomic E-state index is 0.241. The molecule has 1 unspecified atom stereocenters. The van der Waals surface area contributed by atoms with Gasteiger partial charge in [0, 0.05) is 16.9 Å². The maximum Gasteiger partial charge on any atom is 0.135 e. The molecule has 0 radical (unpaired) electrons. The van der Waals surface area contributed by atoms with Crippen molar-refractivity contribution < 1.29 is 4.42 Å². The molecule has 1 aliphatic carbocycles. The summed E-state index contributed by atoms with van der Waals surface area (Å²) in [6, 6.07) is 18.8. The molecule has 96 valence electrons. The van der Waals surface area contributed by atoms with Crippen LogP contribution in [0.1, 0.15) is 22.8 Å². The van der Waals surface area contributed by atoms with E-state index in [1.807, 2.05) is 18.2 Å². The van der Waals surface area contributed by atoms with Crippen LogP contribution < -0.4 is 0 Å². The highest BCUT2D eigenvalue weighted by atomic mass is 16.3. The van der Waals surface area contributed by atoms with E-state index in [1.165, 1.54) is 16.5 Å². The Morgan fingerprint density at radius 2 is 1.60 bits per heavy atom. The summed E-state index contributed by atoms with van der Waals surface area (Å²) in [5.41, 5.74) is 3.51. The predicted molar refractivity (Wildman–Crippen MR) is 82.7 cm³/mol. The summed E-state index contributed by atoms with van der Waals surface area (Å²) in [5.74, 6) is 1.20. The minimum absolute atomic E-state index is 0.241. The molecule has 1 atom stereocenters. The second-order valence-corrected chi connectivity index (χ2v) is 5.01. The standard InChI is InChI=1S/C19H14O/c1-2-8-14(9-3-1)15-10-4-7-13-18-19(15)16-11-5-6-12-17(16)20-18/h1-13,15H. The lowest BCUT2D eigenvalue weighted by atomic mass is 9.89. The number of rotatable bonds is 1. The molecule has 3 aromatic rings. The van der Waals surface area contributed by atoms with Crippen LogP contribution >= 0.6 is 0 Å². The second-order valence-electron chi connectivity index (χ2n) is 5.01. The van der Waals surface area contributed by atoms with Gasteiger partial charge in [0.1, 0.15) is 11.3 Å². The number of fused-ring (bicyclic) bond motifs is 3. The Hall–Kier alpha value is -2.54. The Kier molecular flexibility index (Phi) is 2.56. The zero-order valence-electron chi connectivity index (χ0n) is 11.0. The Labute approximate surface area is 117 Å². The Balaban J connectivity index is 2.00. The van der Waals surface area contributed by atoms with E-state index < -0.39 is 0 Å². The Morgan fingerprint density at radius 3 is 2.50 bits per heavy atom. The number of hydrogen-bond acceptors (Lipinski definition) is 1. The fourth-order valence-corrected chi connectivity index (χ4v) is 2.88. The van der Waals surface area contributed by atoms with Gasteiger partial charge >= 0.3 is 0 Å². The summed E-state index contributed by atoms with van der Waals surface area (Å²) >= 11 is 0. The van der Waals surface area contributed by atoms with Gasteiger partial charge in [-0.05, 0) is 17.7 Å². The molecule has 0 saturated carbocycles. The van der Waals surface area contributed by atoms with Gasteiger partial charge in [0.2, 0.25) is 0 Å². The van der Waals surface area contributed by atoms with E-state index in [9.17, 15) is 0 Å². The normalized spacial score (nSPS) is 17.1. The first-order valence-corrected chi connectivity index (χ1v) is 6.85. The molecule has 0 saturated heterocycles. The molecule has 0 N–H and O–H groups in total. The van der Waals surface area contributed by atoms with Crippen molar-refractivity contribution in [1.82, 2.24) is 0 Å². The summed E-state index contributed by atoms with van der Waals surface area (Å²) in [7, 11) is 0. The number of para-hydroxylation sites is 1. The summed E-state index contributed by atoms with van der Waals surface area (Å²) in [6.07, 6.45) is 8.43. The average molecular weight is 258 g/mol. The molecule has 0 fully saturated rings. The van der Waals surface area contributed by atoms with Crippen LogP contribution in [0.15, 0.2) is 77.2 Å². The Morgan fingerprint density at radius 1 is 0.800 bits per heavy atom. The third kappa shape index (κ3) is 1.71. The molecule has 1 aromatic heterocycles. The van der Waals surface area contributed by atoms with E-state index in [4.69, 9.17) is 4.42 Å². The van der Waals surface area contributed by atoms with E-state index in [1.54, 1.807) is 0 Å². The van der Waals surface area contributed by atoms with E-state index in [-0.39, 0.29) is 5.92 Å². The number of hydrogen-bond donors (Lipinski definition) is 0. The summed E-state index contributed by atoms with van der Waals surface area (Å²) in [5, 5.41) is 1.20. The Bertz CT molecular complexity index is 806. The van der Waals surface area contributed by atoms with Crippen LogP contribution in [-0.2, 0) is 0 Å². The monoisotopic (exact) mass is 258 g/mol. The maximum atomic E-state index is 6.00. The summed E-state index contributed by atoms with van der Waals surface area (Å²) < 4.78 is 6.00. The van der Waals surface area contributed by atoms with Crippen LogP contribution in [-0.4, -0.2) is 0 Å². The number of furan rings is 1. The third-order valence-corrected chi connectivity index (χ3v) is 3.79. The van der Waals surface area contributed by atoms with Crippen molar-refractivity contribution in [3.8, 4) is 0 Å². The van der Waals surface area contributed by atoms with Gasteiger partial charge in [0.15, 0.2) is 0 Å². The first-order valence-electron chi connectivity index (χ1n) is 6.85. The van der Waals surface area contributed by atoms with Crippen molar-refractivity contribution in [2.75, 3.05) is 0 Å². The van der Waals surface area contributed by atoms with Crippen molar-refractivity contribution in [3.63, 3.8) is 0 Å². The quantitative estimate of drug-likeness (QED) is 0.588. The highest BCUT2D eigenvalue weighted by molar-refractivity contribution is 5.86. The smallest absolute Gasteiger partial charge is 0.135 e. The van der Waals surface area contributed by atoms with E-state index in [2.05, 4.69) is 60.7 Å². The summed E-state index contributed by atoms with van der Waals surface area (Å²) in [4.78, 5) is 0. The van der Waals surface area contributed by atoms with Gasteiger partial charge in [-0.25, -0.2) is 0 Å². The average Bonchev–Trinajstić information content (AvgIpc) is 2.74. The number of benzene rings is 2. The predicted octanol–water partition coefficient (Wildman–Crippen LogP) is 5.15. The molecule has 2 aromatic carbocycles. The van der Waals surface area contributed by atoms with Gasteiger partial charge in [-0.3, -0.25) is 0 Å². The SMILES string of the molecule is C1=Cc2oc3ccccc3c2C(c2ccccc2)C=C1. The molecular weight excluding hydrogens is 244 g/mol. The van der Waals surface area contributed by atoms with Gasteiger partial charge in [-0.15, -0.1) is 0 Å². The first kappa shape index (κ1) is 11.3. The van der Waals surface area contributed by atoms with Crippen LogP contribution in [0.25, 0.3) is 17.0 Å². The lowest BCUT2D eigenvalue weighted by Crippen LogP contribution is -1.97. The molecule has 1 aliphatic rings. The molecule has 0 bridgehead atoms. The molecule has 0 aliphatic heterocycles. The molecular formula is C19H14O. The van der Waals surface area contributed by atoms with Crippen LogP contribution in [0.2, 0.25) is 0 Å². The zero-order valence-corrected chi connectivity index (χ0v) is 11.0. The molecule has 0 amide bonds. The van der Waals surface area contributed by atoms with Crippen LogP contribution in [0.3, 0.4) is 0 Å². The second kappa shape index (κ2) is 4.53. The van der Waals surface area contributed by atoms with Gasteiger partial charge in [-0.2, -0.15) is 0 Å². The van der Waals surface area contributed by atoms with E-state index in [0.717, 1.165) is 11.3 Å². The fourth-order valence-electron chi connectivity index (χ4n) is 2.88. The summed E-state index contributed by atoms with van der Waals surface area (Å²) in [6.45, 7) is 0. The van der Waals surface area contributed by atoms with Crippen LogP contribution in [0.4, 0.5) is 0 Å². The van der Waals surface area contributed by atoms with Crippen molar-refractivity contribution in [2.24, 2.45) is 0 Å². The molecule has 4 rings (SSSR count). The van der Waals surface area contributed by atoms with Crippen molar-refractivity contribution in [1.29, 1.82) is 0 Å². The van der Waals surface area contributed by atoms with Gasteiger partial charge < -0.3 is 4.42 Å². The molecule has 20 heavy (non-hydrogen) atoms. The van der Waals surface area contributed by atoms with Gasteiger partial charge in [-0.1, -0.05) is 66.8 Å². The largest absolute Gasteiger partial charge is 0.456 e. The molecule has 0 spiro atoms. The minimum Gasteiger partial charge on any atom is -0.456 e. The zero-order chi connectivity index (χ0) is 13.4. The van der Waals surface area contributed by atoms with Gasteiger partial charge in [0.05, 0.1) is 0 Å². The molecule has 1 heteroatoms. The van der Waals surface area contributed by atoms with Gasteiger partial charge in [0.25, 0.3) is 0 Å². The highest BCUT2D eigenvalue weighted by Gasteiger charge is 2.21. The van der Waals surface area contributed by atoms with E-state index in [0.29, 0.717) is 0 Å². The first-order chi connectivity index (χ1) is 9.93. The lowest BCUT2D eigenvalue weighted by molar-refractivity contribution is 0.598. The van der Waals surface area contributed by atoms with Crippen molar-refractivity contribution in [3.05, 3.63) is 89.7 Å². The van der Waals surface area contributed by atoms with E-state index >= 15 is 0 Å². The van der Waals surface area contributed by atoms with Crippen LogP contribution in [0, 0.1) is 0 Å². The lowest BCUT2D eigenvalue weighted by Gasteiger charge is -2.12. The maximum absolute atomic E-state index is 6.00. The highest BCUT2D eigenvalue weighted by Crippen LogP contribution is 2.38. The van der Waals surface area contributed by atoms with Crippen molar-refractivity contribution >= 4 is 17.0 Å². The topological polar surface area (TPSA) is 13.1 Å². The van der Waals surface area contributed by atoms with Crippen LogP contribution in [0.5, 0.6) is 0 Å².